The molecule has 2 heterocycles. The van der Waals surface area contributed by atoms with Gasteiger partial charge in [-0.25, -0.2) is 9.37 Å². The number of rotatable bonds is 7. The minimum absolute atomic E-state index is 0.0220. The molecule has 2 aromatic heterocycles. The smallest absolute Gasteiger partial charge is 0.316 e. The van der Waals surface area contributed by atoms with Crippen molar-refractivity contribution < 1.29 is 18.7 Å². The zero-order valence-electron chi connectivity index (χ0n) is 17.3. The second-order valence-corrected chi connectivity index (χ2v) is 8.44. The van der Waals surface area contributed by atoms with Gasteiger partial charge in [0.25, 0.3) is 5.56 Å². The third kappa shape index (κ3) is 4.26. The van der Waals surface area contributed by atoms with E-state index >= 15 is 0 Å². The van der Waals surface area contributed by atoms with Crippen LogP contribution in [-0.2, 0) is 9.53 Å². The Morgan fingerprint density at radius 1 is 1.19 bits per heavy atom. The van der Waals surface area contributed by atoms with E-state index in [2.05, 4.69) is 4.98 Å². The maximum absolute atomic E-state index is 14.0. The molecule has 0 saturated heterocycles. The van der Waals surface area contributed by atoms with Gasteiger partial charge in [-0.1, -0.05) is 36.0 Å². The molecule has 4 aromatic rings. The zero-order chi connectivity index (χ0) is 22.7. The largest absolute Gasteiger partial charge is 0.496 e. The highest BCUT2D eigenvalue weighted by molar-refractivity contribution is 7.99. The number of ether oxygens (including phenoxy) is 2. The molecule has 0 aliphatic rings. The molecule has 0 unspecified atom stereocenters. The first kappa shape index (κ1) is 22.0. The van der Waals surface area contributed by atoms with E-state index in [9.17, 15) is 14.0 Å². The number of carbonyl (C=O) groups is 1. The normalized spacial score (nSPS) is 11.0. The van der Waals surface area contributed by atoms with E-state index in [0.29, 0.717) is 27.2 Å². The van der Waals surface area contributed by atoms with E-state index in [4.69, 9.17) is 9.47 Å². The predicted molar refractivity (Wildman–Crippen MR) is 125 cm³/mol. The number of halogens is 1. The highest BCUT2D eigenvalue weighted by Crippen LogP contribution is 2.37. The van der Waals surface area contributed by atoms with Crippen LogP contribution in [-0.4, -0.2) is 35.0 Å². The van der Waals surface area contributed by atoms with Gasteiger partial charge in [-0.05, 0) is 31.2 Å². The van der Waals surface area contributed by atoms with Crippen LogP contribution >= 0.6 is 23.1 Å². The topological polar surface area (TPSA) is 70.4 Å². The van der Waals surface area contributed by atoms with Crippen LogP contribution in [0.3, 0.4) is 0 Å². The highest BCUT2D eigenvalue weighted by Gasteiger charge is 2.21. The molecule has 164 valence electrons. The SMILES string of the molecule is CCOC(=O)CSc1nc2scc(-c3ccccc3OC)c2c(=O)n1-c1cccc(F)c1. The second-order valence-electron chi connectivity index (χ2n) is 6.64. The number of para-hydroxylation sites is 1. The number of methoxy groups -OCH3 is 1. The lowest BCUT2D eigenvalue weighted by atomic mass is 10.1. The van der Waals surface area contributed by atoms with Crippen LogP contribution in [0, 0.1) is 5.82 Å². The minimum atomic E-state index is -0.480. The van der Waals surface area contributed by atoms with Crippen molar-refractivity contribution in [2.75, 3.05) is 19.5 Å². The van der Waals surface area contributed by atoms with E-state index in [0.717, 1.165) is 17.3 Å². The van der Waals surface area contributed by atoms with E-state index in [1.807, 2.05) is 29.6 Å². The van der Waals surface area contributed by atoms with Crippen molar-refractivity contribution in [3.63, 3.8) is 0 Å². The maximum atomic E-state index is 14.0. The van der Waals surface area contributed by atoms with Crippen molar-refractivity contribution in [2.24, 2.45) is 0 Å². The number of aromatic nitrogens is 2. The third-order valence-electron chi connectivity index (χ3n) is 4.67. The lowest BCUT2D eigenvalue weighted by molar-refractivity contribution is -0.139. The standard InChI is InChI=1S/C23H19FN2O4S2/c1-3-30-19(27)13-32-23-25-21-20(22(28)26(23)15-8-6-7-14(24)11-15)17(12-31-21)16-9-4-5-10-18(16)29-2/h4-12H,3,13H2,1-2H3. The van der Waals surface area contributed by atoms with Crippen LogP contribution in [0.2, 0.25) is 0 Å². The van der Waals surface area contributed by atoms with E-state index < -0.39 is 11.8 Å². The van der Waals surface area contributed by atoms with Gasteiger partial charge in [-0.15, -0.1) is 11.3 Å². The summed E-state index contributed by atoms with van der Waals surface area (Å²) in [4.78, 5) is 30.8. The average Bonchev–Trinajstić information content (AvgIpc) is 3.22. The molecule has 0 aliphatic heterocycles. The van der Waals surface area contributed by atoms with Gasteiger partial charge in [0.05, 0.1) is 30.5 Å². The first-order valence-corrected chi connectivity index (χ1v) is 11.6. The summed E-state index contributed by atoms with van der Waals surface area (Å²) >= 11 is 2.40. The van der Waals surface area contributed by atoms with Crippen LogP contribution in [0.5, 0.6) is 5.75 Å². The molecular formula is C23H19FN2O4S2. The van der Waals surface area contributed by atoms with Gasteiger partial charge < -0.3 is 9.47 Å². The summed E-state index contributed by atoms with van der Waals surface area (Å²) in [6, 6.07) is 13.1. The fourth-order valence-corrected chi connectivity index (χ4v) is 5.09. The zero-order valence-corrected chi connectivity index (χ0v) is 19.0. The molecule has 9 heteroatoms. The van der Waals surface area contributed by atoms with Gasteiger partial charge in [0.2, 0.25) is 0 Å². The summed E-state index contributed by atoms with van der Waals surface area (Å²) in [7, 11) is 1.57. The summed E-state index contributed by atoms with van der Waals surface area (Å²) in [6.45, 7) is 1.98. The monoisotopic (exact) mass is 470 g/mol. The Morgan fingerprint density at radius 3 is 2.75 bits per heavy atom. The van der Waals surface area contributed by atoms with Crippen molar-refractivity contribution in [1.82, 2.24) is 9.55 Å². The van der Waals surface area contributed by atoms with Crippen LogP contribution in [0.25, 0.3) is 27.0 Å². The van der Waals surface area contributed by atoms with Gasteiger partial charge in [-0.3, -0.25) is 14.2 Å². The molecule has 0 bridgehead atoms. The van der Waals surface area contributed by atoms with Gasteiger partial charge in [0, 0.05) is 16.5 Å². The number of benzene rings is 2. The molecule has 0 saturated carbocycles. The van der Waals surface area contributed by atoms with Crippen molar-refractivity contribution in [3.05, 3.63) is 70.1 Å². The van der Waals surface area contributed by atoms with Crippen molar-refractivity contribution in [3.8, 4) is 22.6 Å². The van der Waals surface area contributed by atoms with Gasteiger partial charge in [0.1, 0.15) is 16.4 Å². The number of esters is 1. The quantitative estimate of drug-likeness (QED) is 0.217. The number of hydrogen-bond acceptors (Lipinski definition) is 7. The van der Waals surface area contributed by atoms with Crippen LogP contribution in [0.15, 0.2) is 63.9 Å². The van der Waals surface area contributed by atoms with Crippen molar-refractivity contribution in [2.45, 2.75) is 12.1 Å². The van der Waals surface area contributed by atoms with E-state index in [1.165, 1.54) is 34.1 Å². The van der Waals surface area contributed by atoms with Gasteiger partial charge in [0.15, 0.2) is 5.16 Å². The number of thioether (sulfide) groups is 1. The second kappa shape index (κ2) is 9.54. The summed E-state index contributed by atoms with van der Waals surface area (Å²) in [5, 5.41) is 2.55. The Bertz CT molecular complexity index is 1350. The first-order valence-electron chi connectivity index (χ1n) is 9.75. The number of thiophene rings is 1. The number of fused-ring (bicyclic) bond motifs is 1. The lowest BCUT2D eigenvalue weighted by Gasteiger charge is -2.13. The lowest BCUT2D eigenvalue weighted by Crippen LogP contribution is -2.22. The van der Waals surface area contributed by atoms with Gasteiger partial charge >= 0.3 is 5.97 Å². The van der Waals surface area contributed by atoms with Crippen molar-refractivity contribution >= 4 is 39.3 Å². The summed E-state index contributed by atoms with van der Waals surface area (Å²) in [5.41, 5.74) is 1.42. The summed E-state index contributed by atoms with van der Waals surface area (Å²) in [6.07, 6.45) is 0. The first-order chi connectivity index (χ1) is 15.5. The fraction of sp³-hybridized carbons (Fsp3) is 0.174. The minimum Gasteiger partial charge on any atom is -0.496 e. The third-order valence-corrected chi connectivity index (χ3v) is 6.45. The summed E-state index contributed by atoms with van der Waals surface area (Å²) < 4.78 is 25.8. The molecule has 0 N–H and O–H groups in total. The van der Waals surface area contributed by atoms with Crippen LogP contribution in [0.4, 0.5) is 4.39 Å². The molecule has 0 fully saturated rings. The molecular weight excluding hydrogens is 451 g/mol. The fourth-order valence-electron chi connectivity index (χ4n) is 3.30. The van der Waals surface area contributed by atoms with Crippen LogP contribution < -0.4 is 10.3 Å². The number of hydrogen-bond donors (Lipinski definition) is 0. The Morgan fingerprint density at radius 2 is 2.00 bits per heavy atom. The van der Waals surface area contributed by atoms with Gasteiger partial charge in [-0.2, -0.15) is 0 Å². The Labute approximate surface area is 191 Å². The predicted octanol–water partition coefficient (Wildman–Crippen LogP) is 4.92. The maximum Gasteiger partial charge on any atom is 0.316 e. The molecule has 0 atom stereocenters. The molecule has 2 aromatic carbocycles. The summed E-state index contributed by atoms with van der Waals surface area (Å²) in [5.74, 6) is -0.291. The molecule has 32 heavy (non-hydrogen) atoms. The molecule has 6 nitrogen and oxygen atoms in total. The van der Waals surface area contributed by atoms with Crippen LogP contribution in [0.1, 0.15) is 6.92 Å². The van der Waals surface area contributed by atoms with E-state index in [1.54, 1.807) is 20.1 Å². The van der Waals surface area contributed by atoms with E-state index in [-0.39, 0.29) is 23.1 Å². The molecule has 0 amide bonds. The molecule has 0 spiro atoms. The average molecular weight is 471 g/mol. The number of nitrogens with zero attached hydrogens (tertiary/aromatic N) is 2. The van der Waals surface area contributed by atoms with Crippen molar-refractivity contribution in [1.29, 1.82) is 0 Å². The molecule has 0 radical (unpaired) electrons. The molecule has 0 aliphatic carbocycles. The Kier molecular flexibility index (Phi) is 6.57. The number of carbonyl (C=O) groups excluding carboxylic acids is 1. The Balaban J connectivity index is 1.94. The Hall–Kier alpha value is -3.17. The highest BCUT2D eigenvalue weighted by atomic mass is 32.2. The molecule has 4 rings (SSSR count).